The molecule has 0 aliphatic carbocycles. The van der Waals surface area contributed by atoms with Gasteiger partial charge in [-0.1, -0.05) is 17.7 Å². The van der Waals surface area contributed by atoms with Gasteiger partial charge in [-0.15, -0.1) is 4.91 Å². The van der Waals surface area contributed by atoms with E-state index in [-0.39, 0.29) is 4.77 Å². The highest BCUT2D eigenvalue weighted by atomic mass is 32.1. The van der Waals surface area contributed by atoms with Crippen LogP contribution in [0.3, 0.4) is 0 Å². The summed E-state index contributed by atoms with van der Waals surface area (Å²) in [6, 6.07) is 7.04. The van der Waals surface area contributed by atoms with Crippen LogP contribution in [0.1, 0.15) is 5.56 Å². The lowest BCUT2D eigenvalue weighted by Crippen LogP contribution is -2.12. The minimum atomic E-state index is -0.809. The summed E-state index contributed by atoms with van der Waals surface area (Å²) in [5.41, 5.74) is 0.159. The van der Waals surface area contributed by atoms with Gasteiger partial charge < -0.3 is 5.11 Å². The lowest BCUT2D eigenvalue weighted by molar-refractivity contribution is 0.435. The van der Waals surface area contributed by atoms with Crippen molar-refractivity contribution in [1.29, 1.82) is 0 Å². The molecule has 0 aliphatic rings. The van der Waals surface area contributed by atoms with Crippen LogP contribution in [0, 0.1) is 16.6 Å². The van der Waals surface area contributed by atoms with Crippen molar-refractivity contribution in [3.8, 4) is 11.6 Å². The van der Waals surface area contributed by atoms with Crippen LogP contribution in [0.25, 0.3) is 5.69 Å². The lowest BCUT2D eigenvalue weighted by atomic mass is 10.2. The molecule has 1 aromatic heterocycles. The van der Waals surface area contributed by atoms with E-state index in [9.17, 15) is 14.8 Å². The van der Waals surface area contributed by atoms with E-state index in [4.69, 9.17) is 12.2 Å². The van der Waals surface area contributed by atoms with Gasteiger partial charge in [0.05, 0.1) is 5.69 Å². The number of benzene rings is 1. The Balaban J connectivity index is 2.79. The monoisotopic (exact) mass is 263 g/mol. The molecule has 0 atom stereocenters. The quantitative estimate of drug-likeness (QED) is 0.643. The molecule has 6 nitrogen and oxygen atoms in total. The number of aromatic hydroxyl groups is 1. The number of aromatic amines is 1. The largest absolute Gasteiger partial charge is 0.492 e. The highest BCUT2D eigenvalue weighted by molar-refractivity contribution is 7.71. The van der Waals surface area contributed by atoms with E-state index in [1.54, 1.807) is 12.1 Å². The molecule has 1 heterocycles. The van der Waals surface area contributed by atoms with E-state index in [0.29, 0.717) is 5.69 Å². The third kappa shape index (κ3) is 1.95. The number of hydrogen-bond donors (Lipinski definition) is 2. The van der Waals surface area contributed by atoms with E-state index >= 15 is 0 Å². The topological polar surface area (TPSA) is 87.4 Å². The molecule has 0 spiro atoms. The summed E-state index contributed by atoms with van der Waals surface area (Å²) in [6.07, 6.45) is 0. The summed E-state index contributed by atoms with van der Waals surface area (Å²) >= 11 is 4.95. The van der Waals surface area contributed by atoms with Crippen LogP contribution in [-0.4, -0.2) is 14.7 Å². The first-order valence-corrected chi connectivity index (χ1v) is 5.44. The van der Waals surface area contributed by atoms with Crippen LogP contribution in [0.15, 0.2) is 34.2 Å². The maximum Gasteiger partial charge on any atom is 0.285 e. The van der Waals surface area contributed by atoms with Crippen LogP contribution in [-0.2, 0) is 0 Å². The second-order valence-corrected chi connectivity index (χ2v) is 4.08. The molecule has 7 heteroatoms. The highest BCUT2D eigenvalue weighted by Gasteiger charge is 2.14. The smallest absolute Gasteiger partial charge is 0.285 e. The maximum absolute atomic E-state index is 11.3. The Bertz CT molecular complexity index is 716. The zero-order valence-electron chi connectivity index (χ0n) is 9.38. The van der Waals surface area contributed by atoms with Crippen molar-refractivity contribution >= 4 is 17.9 Å². The predicted molar refractivity (Wildman–Crippen MR) is 69.1 cm³/mol. The van der Waals surface area contributed by atoms with Crippen molar-refractivity contribution < 1.29 is 5.11 Å². The SMILES string of the molecule is Cc1ccc(-n2c(O)c(N=O)c(=O)[nH]c2=S)cc1. The van der Waals surface area contributed by atoms with Gasteiger partial charge in [0.15, 0.2) is 4.77 Å². The van der Waals surface area contributed by atoms with E-state index < -0.39 is 17.1 Å². The van der Waals surface area contributed by atoms with Crippen LogP contribution in [0.2, 0.25) is 0 Å². The van der Waals surface area contributed by atoms with Crippen molar-refractivity contribution in [2.45, 2.75) is 6.92 Å². The van der Waals surface area contributed by atoms with Crippen molar-refractivity contribution in [3.05, 3.63) is 49.9 Å². The Morgan fingerprint density at radius 2 is 1.94 bits per heavy atom. The third-order valence-electron chi connectivity index (χ3n) is 2.45. The Morgan fingerprint density at radius 3 is 2.50 bits per heavy atom. The van der Waals surface area contributed by atoms with E-state index in [1.807, 2.05) is 19.1 Å². The van der Waals surface area contributed by atoms with Gasteiger partial charge in [-0.05, 0) is 36.5 Å². The minimum Gasteiger partial charge on any atom is -0.492 e. The minimum absolute atomic E-state index is 0.00578. The summed E-state index contributed by atoms with van der Waals surface area (Å²) in [5.74, 6) is -0.567. The predicted octanol–water partition coefficient (Wildman–Crippen LogP) is 2.31. The molecule has 1 aromatic carbocycles. The van der Waals surface area contributed by atoms with Crippen LogP contribution >= 0.6 is 12.2 Å². The molecule has 2 aromatic rings. The van der Waals surface area contributed by atoms with Gasteiger partial charge in [-0.2, -0.15) is 0 Å². The maximum atomic E-state index is 11.3. The number of nitrogens with one attached hydrogen (secondary N) is 1. The summed E-state index contributed by atoms with van der Waals surface area (Å²) in [6.45, 7) is 1.91. The zero-order chi connectivity index (χ0) is 13.3. The summed E-state index contributed by atoms with van der Waals surface area (Å²) in [7, 11) is 0. The third-order valence-corrected chi connectivity index (χ3v) is 2.73. The van der Waals surface area contributed by atoms with Crippen molar-refractivity contribution in [2.75, 3.05) is 0 Å². The molecule has 0 bridgehead atoms. The van der Waals surface area contributed by atoms with Crippen molar-refractivity contribution in [1.82, 2.24) is 9.55 Å². The number of nitrogens with zero attached hydrogens (tertiary/aromatic N) is 2. The summed E-state index contributed by atoms with van der Waals surface area (Å²) in [5, 5.41) is 12.4. The molecular formula is C11H9N3O3S. The average Bonchev–Trinajstić information content (AvgIpc) is 2.31. The molecular weight excluding hydrogens is 254 g/mol. The number of aromatic nitrogens is 2. The molecule has 0 unspecified atom stereocenters. The van der Waals surface area contributed by atoms with Crippen LogP contribution in [0.4, 0.5) is 5.69 Å². The van der Waals surface area contributed by atoms with E-state index in [0.717, 1.165) is 5.56 Å². The molecule has 18 heavy (non-hydrogen) atoms. The summed E-state index contributed by atoms with van der Waals surface area (Å²) < 4.78 is 1.17. The molecule has 0 radical (unpaired) electrons. The highest BCUT2D eigenvalue weighted by Crippen LogP contribution is 2.24. The molecule has 0 amide bonds. The summed E-state index contributed by atoms with van der Waals surface area (Å²) in [4.78, 5) is 24.1. The average molecular weight is 263 g/mol. The molecule has 0 saturated heterocycles. The van der Waals surface area contributed by atoms with Gasteiger partial charge in [0.1, 0.15) is 0 Å². The molecule has 0 aliphatic heterocycles. The first-order chi connectivity index (χ1) is 8.54. The molecule has 0 fully saturated rings. The number of H-pyrrole nitrogens is 1. The van der Waals surface area contributed by atoms with Crippen molar-refractivity contribution in [3.63, 3.8) is 0 Å². The van der Waals surface area contributed by atoms with Gasteiger partial charge in [0.25, 0.3) is 5.56 Å². The number of nitroso groups, excluding NO2 is 1. The Kier molecular flexibility index (Phi) is 3.07. The standard InChI is InChI=1S/C11H9N3O3S/c1-6-2-4-7(5-3-6)14-10(16)8(13-17)9(15)12-11(14)18/h2-5,16H,1H3,(H,12,15,18). The molecule has 92 valence electrons. The first kappa shape index (κ1) is 12.2. The van der Waals surface area contributed by atoms with Gasteiger partial charge in [0, 0.05) is 0 Å². The van der Waals surface area contributed by atoms with Gasteiger partial charge in [-0.25, -0.2) is 0 Å². The van der Waals surface area contributed by atoms with E-state index in [1.165, 1.54) is 4.57 Å². The first-order valence-electron chi connectivity index (χ1n) is 5.03. The Hall–Kier alpha value is -2.28. The molecule has 0 saturated carbocycles. The van der Waals surface area contributed by atoms with Crippen LogP contribution < -0.4 is 5.56 Å². The second-order valence-electron chi connectivity index (χ2n) is 3.69. The number of hydrogen-bond acceptors (Lipinski definition) is 5. The van der Waals surface area contributed by atoms with Crippen LogP contribution in [0.5, 0.6) is 5.88 Å². The zero-order valence-corrected chi connectivity index (χ0v) is 10.2. The second kappa shape index (κ2) is 4.53. The fourth-order valence-corrected chi connectivity index (χ4v) is 1.82. The normalized spacial score (nSPS) is 10.3. The van der Waals surface area contributed by atoms with Crippen molar-refractivity contribution in [2.24, 2.45) is 5.18 Å². The molecule has 2 N–H and O–H groups in total. The fourth-order valence-electron chi connectivity index (χ4n) is 1.53. The molecule has 2 rings (SSSR count). The Labute approximate surface area is 107 Å². The van der Waals surface area contributed by atoms with Gasteiger partial charge >= 0.3 is 0 Å². The lowest BCUT2D eigenvalue weighted by Gasteiger charge is -2.09. The van der Waals surface area contributed by atoms with Gasteiger partial charge in [0.2, 0.25) is 11.6 Å². The van der Waals surface area contributed by atoms with E-state index in [2.05, 4.69) is 10.2 Å². The number of rotatable bonds is 2. The fraction of sp³-hybridized carbons (Fsp3) is 0.0909. The Morgan fingerprint density at radius 1 is 1.33 bits per heavy atom. The number of aryl methyl sites for hydroxylation is 1. The van der Waals surface area contributed by atoms with Gasteiger partial charge in [-0.3, -0.25) is 14.3 Å².